The third-order valence-corrected chi connectivity index (χ3v) is 2.68. The van der Waals surface area contributed by atoms with Gasteiger partial charge in [0.25, 0.3) is 0 Å². The van der Waals surface area contributed by atoms with Crippen molar-refractivity contribution in [3.63, 3.8) is 0 Å². The van der Waals surface area contributed by atoms with Gasteiger partial charge in [-0.15, -0.1) is 0 Å². The van der Waals surface area contributed by atoms with Crippen LogP contribution in [0.15, 0.2) is 24.3 Å². The highest BCUT2D eigenvalue weighted by molar-refractivity contribution is 5.80. The van der Waals surface area contributed by atoms with Gasteiger partial charge in [0, 0.05) is 24.3 Å². The van der Waals surface area contributed by atoms with Crippen LogP contribution in [0.5, 0.6) is 0 Å². The summed E-state index contributed by atoms with van der Waals surface area (Å²) < 4.78 is 0. The Kier molecular flexibility index (Phi) is 2.41. The van der Waals surface area contributed by atoms with Gasteiger partial charge in [0.2, 0.25) is 5.91 Å². The maximum absolute atomic E-state index is 10.8. The van der Waals surface area contributed by atoms with E-state index in [9.17, 15) is 9.59 Å². The molecular weight excluding hydrogens is 192 g/mol. The number of hydrogen-bond donors (Lipinski definition) is 1. The second-order valence-corrected chi connectivity index (χ2v) is 3.71. The van der Waals surface area contributed by atoms with E-state index in [-0.39, 0.29) is 11.8 Å². The predicted molar refractivity (Wildman–Crippen MR) is 56.7 cm³/mol. The van der Waals surface area contributed by atoms with Gasteiger partial charge in [0.1, 0.15) is 6.29 Å². The molecule has 1 aromatic carbocycles. The van der Waals surface area contributed by atoms with Crippen LogP contribution in [0.2, 0.25) is 0 Å². The molecule has 2 N–H and O–H groups in total. The molecule has 1 aliphatic rings. The van der Waals surface area contributed by atoms with Gasteiger partial charge in [0.05, 0.1) is 5.92 Å². The van der Waals surface area contributed by atoms with E-state index in [2.05, 4.69) is 4.90 Å². The fraction of sp³-hybridized carbons (Fsp3) is 0.273. The van der Waals surface area contributed by atoms with E-state index in [0.717, 1.165) is 12.0 Å². The molecular formula is C11H12N2O2. The molecule has 0 unspecified atom stereocenters. The first-order valence-electron chi connectivity index (χ1n) is 4.80. The summed E-state index contributed by atoms with van der Waals surface area (Å²) in [5.41, 5.74) is 6.86. The van der Waals surface area contributed by atoms with Crippen molar-refractivity contribution >= 4 is 17.9 Å². The number of carbonyl (C=O) groups excluding carboxylic acids is 2. The van der Waals surface area contributed by atoms with Crippen LogP contribution in [-0.4, -0.2) is 25.3 Å². The molecule has 15 heavy (non-hydrogen) atoms. The monoisotopic (exact) mass is 204 g/mol. The molecule has 1 aliphatic heterocycles. The van der Waals surface area contributed by atoms with Gasteiger partial charge < -0.3 is 10.6 Å². The van der Waals surface area contributed by atoms with Crippen LogP contribution in [0.3, 0.4) is 0 Å². The minimum atomic E-state index is -0.240. The number of anilines is 1. The zero-order valence-electron chi connectivity index (χ0n) is 8.22. The van der Waals surface area contributed by atoms with Crippen molar-refractivity contribution < 1.29 is 9.59 Å². The van der Waals surface area contributed by atoms with Gasteiger partial charge in [-0.25, -0.2) is 0 Å². The molecule has 0 aliphatic carbocycles. The molecule has 1 amide bonds. The highest BCUT2D eigenvalue weighted by Gasteiger charge is 2.30. The van der Waals surface area contributed by atoms with E-state index >= 15 is 0 Å². The van der Waals surface area contributed by atoms with Crippen LogP contribution < -0.4 is 10.6 Å². The summed E-state index contributed by atoms with van der Waals surface area (Å²) in [6.45, 7) is 1.35. The molecule has 1 heterocycles. The first-order valence-corrected chi connectivity index (χ1v) is 4.80. The van der Waals surface area contributed by atoms with Crippen LogP contribution in [0, 0.1) is 5.92 Å². The molecule has 4 heteroatoms. The van der Waals surface area contributed by atoms with E-state index in [1.807, 2.05) is 12.1 Å². The normalized spacial score (nSPS) is 15.9. The van der Waals surface area contributed by atoms with Crippen molar-refractivity contribution in [2.24, 2.45) is 11.7 Å². The molecule has 4 nitrogen and oxygen atoms in total. The Morgan fingerprint density at radius 2 is 1.93 bits per heavy atom. The molecule has 1 saturated heterocycles. The number of hydrogen-bond acceptors (Lipinski definition) is 3. The number of benzene rings is 1. The molecule has 0 radical (unpaired) electrons. The SMILES string of the molecule is NC(=O)C1CN(c2ccc(C=O)cc2)C1. The zero-order valence-corrected chi connectivity index (χ0v) is 8.22. The number of amides is 1. The predicted octanol–water partition coefficient (Wildman–Crippen LogP) is 0.421. The average molecular weight is 204 g/mol. The Morgan fingerprint density at radius 3 is 2.40 bits per heavy atom. The lowest BCUT2D eigenvalue weighted by molar-refractivity contribution is -0.122. The quantitative estimate of drug-likeness (QED) is 0.726. The maximum Gasteiger partial charge on any atom is 0.224 e. The van der Waals surface area contributed by atoms with E-state index in [4.69, 9.17) is 5.73 Å². The summed E-state index contributed by atoms with van der Waals surface area (Å²) in [6.07, 6.45) is 0.812. The van der Waals surface area contributed by atoms with Crippen LogP contribution in [0.1, 0.15) is 10.4 Å². The summed E-state index contributed by atoms with van der Waals surface area (Å²) >= 11 is 0. The summed E-state index contributed by atoms with van der Waals surface area (Å²) in [5.74, 6) is -0.272. The van der Waals surface area contributed by atoms with Gasteiger partial charge in [0.15, 0.2) is 0 Å². The van der Waals surface area contributed by atoms with Crippen molar-refractivity contribution in [2.45, 2.75) is 0 Å². The number of nitrogens with zero attached hydrogens (tertiary/aromatic N) is 1. The molecule has 0 aromatic heterocycles. The summed E-state index contributed by atoms with van der Waals surface area (Å²) in [5, 5.41) is 0. The third-order valence-electron chi connectivity index (χ3n) is 2.68. The van der Waals surface area contributed by atoms with Crippen molar-refractivity contribution in [1.82, 2.24) is 0 Å². The second-order valence-electron chi connectivity index (χ2n) is 3.71. The topological polar surface area (TPSA) is 63.4 Å². The number of primary amides is 1. The van der Waals surface area contributed by atoms with Crippen molar-refractivity contribution in [3.05, 3.63) is 29.8 Å². The lowest BCUT2D eigenvalue weighted by atomic mass is 9.98. The molecule has 2 rings (SSSR count). The number of nitrogens with two attached hydrogens (primary N) is 1. The van der Waals surface area contributed by atoms with Crippen LogP contribution in [-0.2, 0) is 4.79 Å². The summed E-state index contributed by atoms with van der Waals surface area (Å²) in [4.78, 5) is 23.3. The zero-order chi connectivity index (χ0) is 10.8. The van der Waals surface area contributed by atoms with Gasteiger partial charge >= 0.3 is 0 Å². The lowest BCUT2D eigenvalue weighted by Gasteiger charge is -2.39. The first-order chi connectivity index (χ1) is 7.20. The van der Waals surface area contributed by atoms with Gasteiger partial charge in [-0.1, -0.05) is 0 Å². The van der Waals surface area contributed by atoms with E-state index in [1.165, 1.54) is 0 Å². The largest absolute Gasteiger partial charge is 0.370 e. The Hall–Kier alpha value is -1.84. The van der Waals surface area contributed by atoms with Crippen molar-refractivity contribution in [1.29, 1.82) is 0 Å². The number of aldehydes is 1. The fourth-order valence-electron chi connectivity index (χ4n) is 1.63. The smallest absolute Gasteiger partial charge is 0.224 e. The second kappa shape index (κ2) is 3.73. The highest BCUT2D eigenvalue weighted by Crippen LogP contribution is 2.24. The van der Waals surface area contributed by atoms with Gasteiger partial charge in [-0.3, -0.25) is 9.59 Å². The molecule has 0 spiro atoms. The van der Waals surface area contributed by atoms with E-state index in [1.54, 1.807) is 12.1 Å². The summed E-state index contributed by atoms with van der Waals surface area (Å²) in [6, 6.07) is 7.28. The fourth-order valence-corrected chi connectivity index (χ4v) is 1.63. The Morgan fingerprint density at radius 1 is 1.33 bits per heavy atom. The van der Waals surface area contributed by atoms with Crippen LogP contribution in [0.4, 0.5) is 5.69 Å². The highest BCUT2D eigenvalue weighted by atomic mass is 16.1. The molecule has 0 bridgehead atoms. The molecule has 1 fully saturated rings. The molecule has 0 saturated carbocycles. The Balaban J connectivity index is 2.01. The third kappa shape index (κ3) is 1.83. The minimum Gasteiger partial charge on any atom is -0.370 e. The van der Waals surface area contributed by atoms with Crippen molar-refractivity contribution in [2.75, 3.05) is 18.0 Å². The molecule has 0 atom stereocenters. The Labute approximate surface area is 87.7 Å². The van der Waals surface area contributed by atoms with E-state index in [0.29, 0.717) is 18.7 Å². The first kappa shape index (κ1) is 9.71. The van der Waals surface area contributed by atoms with Gasteiger partial charge in [-0.2, -0.15) is 0 Å². The minimum absolute atomic E-state index is 0.0317. The number of rotatable bonds is 3. The lowest BCUT2D eigenvalue weighted by Crippen LogP contribution is -2.52. The van der Waals surface area contributed by atoms with Crippen molar-refractivity contribution in [3.8, 4) is 0 Å². The molecule has 1 aromatic rings. The Bertz CT molecular complexity index is 380. The summed E-state index contributed by atoms with van der Waals surface area (Å²) in [7, 11) is 0. The van der Waals surface area contributed by atoms with E-state index < -0.39 is 0 Å². The molecule has 78 valence electrons. The van der Waals surface area contributed by atoms with Crippen LogP contribution in [0.25, 0.3) is 0 Å². The van der Waals surface area contributed by atoms with Crippen LogP contribution >= 0.6 is 0 Å². The standard InChI is InChI=1S/C11H12N2O2/c12-11(15)9-5-13(6-9)10-3-1-8(7-14)2-4-10/h1-4,7,9H,5-6H2,(H2,12,15). The van der Waals surface area contributed by atoms with Gasteiger partial charge in [-0.05, 0) is 24.3 Å². The average Bonchev–Trinajstić information content (AvgIpc) is 2.16. The number of carbonyl (C=O) groups is 2. The maximum atomic E-state index is 10.8.